The number of amides is 1. The van der Waals surface area contributed by atoms with Crippen LogP contribution in [0.2, 0.25) is 0 Å². The van der Waals surface area contributed by atoms with Crippen molar-refractivity contribution in [3.05, 3.63) is 11.9 Å². The van der Waals surface area contributed by atoms with Gasteiger partial charge in [-0.15, -0.1) is 5.10 Å². The van der Waals surface area contributed by atoms with Crippen LogP contribution in [0, 0.1) is 5.92 Å². The van der Waals surface area contributed by atoms with Crippen molar-refractivity contribution in [2.45, 2.75) is 83.6 Å². The molecule has 134 valence electrons. The smallest absolute Gasteiger partial charge is 0.222 e. The summed E-state index contributed by atoms with van der Waals surface area (Å²) in [5.41, 5.74) is 1.10. The van der Waals surface area contributed by atoms with Gasteiger partial charge in [0.2, 0.25) is 5.91 Å². The Hall–Kier alpha value is -1.39. The third-order valence-corrected chi connectivity index (χ3v) is 5.72. The van der Waals surface area contributed by atoms with Crippen LogP contribution in [0.4, 0.5) is 0 Å². The van der Waals surface area contributed by atoms with E-state index in [-0.39, 0.29) is 0 Å². The summed E-state index contributed by atoms with van der Waals surface area (Å²) in [6, 6.07) is 0.409. The summed E-state index contributed by atoms with van der Waals surface area (Å²) < 4.78 is 2.04. The molecular weight excluding hydrogens is 300 g/mol. The molecule has 0 bridgehead atoms. The molecule has 1 amide bonds. The number of carbonyl (C=O) groups is 1. The van der Waals surface area contributed by atoms with Crippen LogP contribution >= 0.6 is 0 Å². The van der Waals surface area contributed by atoms with E-state index in [2.05, 4.69) is 28.3 Å². The topological polar surface area (TPSA) is 51.0 Å². The third kappa shape index (κ3) is 4.58. The normalized spacial score (nSPS) is 20.5. The first-order valence-corrected chi connectivity index (χ1v) is 9.94. The van der Waals surface area contributed by atoms with Crippen molar-refractivity contribution in [2.24, 2.45) is 5.92 Å². The lowest BCUT2D eigenvalue weighted by molar-refractivity contribution is -0.133. The Labute approximate surface area is 145 Å². The number of likely N-dealkylation sites (tertiary alicyclic amines) is 1. The van der Waals surface area contributed by atoms with Gasteiger partial charge in [0, 0.05) is 25.7 Å². The lowest BCUT2D eigenvalue weighted by Gasteiger charge is -2.33. The van der Waals surface area contributed by atoms with Gasteiger partial charge < -0.3 is 4.90 Å². The van der Waals surface area contributed by atoms with Crippen molar-refractivity contribution >= 4 is 5.91 Å². The highest BCUT2D eigenvalue weighted by Crippen LogP contribution is 2.28. The average Bonchev–Trinajstić information content (AvgIpc) is 3.10. The number of hydrogen-bond acceptors (Lipinski definition) is 3. The molecule has 1 saturated carbocycles. The fraction of sp³-hybridized carbons (Fsp3) is 0.842. The van der Waals surface area contributed by atoms with Crippen LogP contribution in [0.3, 0.4) is 0 Å². The lowest BCUT2D eigenvalue weighted by Crippen LogP contribution is -2.40. The van der Waals surface area contributed by atoms with Gasteiger partial charge in [-0.1, -0.05) is 37.8 Å². The fourth-order valence-corrected chi connectivity index (χ4v) is 4.11. The number of hydrogen-bond donors (Lipinski definition) is 0. The number of aromatic nitrogens is 3. The monoisotopic (exact) mass is 332 g/mol. The quantitative estimate of drug-likeness (QED) is 0.797. The van der Waals surface area contributed by atoms with Crippen LogP contribution in [0.15, 0.2) is 6.20 Å². The SMILES string of the molecule is CCCCc1cn(C2CCN(C(=O)CC3CCCCC3)CC2)nn1. The van der Waals surface area contributed by atoms with Crippen molar-refractivity contribution in [1.82, 2.24) is 19.9 Å². The molecule has 0 N–H and O–H groups in total. The predicted molar refractivity (Wildman–Crippen MR) is 94.7 cm³/mol. The Bertz CT molecular complexity index is 513. The molecule has 24 heavy (non-hydrogen) atoms. The fourth-order valence-electron chi connectivity index (χ4n) is 4.11. The zero-order valence-corrected chi connectivity index (χ0v) is 15.1. The second-order valence-corrected chi connectivity index (χ2v) is 7.61. The zero-order chi connectivity index (χ0) is 16.8. The van der Waals surface area contributed by atoms with E-state index in [4.69, 9.17) is 0 Å². The Morgan fingerprint density at radius 2 is 1.92 bits per heavy atom. The Morgan fingerprint density at radius 1 is 1.17 bits per heavy atom. The molecule has 0 unspecified atom stereocenters. The highest BCUT2D eigenvalue weighted by atomic mass is 16.2. The van der Waals surface area contributed by atoms with Crippen LogP contribution < -0.4 is 0 Å². The Morgan fingerprint density at radius 3 is 2.62 bits per heavy atom. The molecule has 1 aromatic rings. The molecule has 0 atom stereocenters. The third-order valence-electron chi connectivity index (χ3n) is 5.72. The van der Waals surface area contributed by atoms with E-state index in [9.17, 15) is 4.79 Å². The summed E-state index contributed by atoms with van der Waals surface area (Å²) in [6.07, 6.45) is 14.8. The number of carbonyl (C=O) groups excluding carboxylic acids is 1. The molecule has 0 aromatic carbocycles. The van der Waals surface area contributed by atoms with Crippen molar-refractivity contribution in [2.75, 3.05) is 13.1 Å². The molecule has 3 rings (SSSR count). The van der Waals surface area contributed by atoms with Crippen LogP contribution in [-0.4, -0.2) is 38.9 Å². The second kappa shape index (κ2) is 8.63. The van der Waals surface area contributed by atoms with Crippen molar-refractivity contribution < 1.29 is 4.79 Å². The van der Waals surface area contributed by atoms with Gasteiger partial charge in [-0.2, -0.15) is 0 Å². The molecule has 0 radical (unpaired) electrons. The highest BCUT2D eigenvalue weighted by molar-refractivity contribution is 5.76. The van der Waals surface area contributed by atoms with E-state index < -0.39 is 0 Å². The van der Waals surface area contributed by atoms with Crippen LogP contribution in [-0.2, 0) is 11.2 Å². The maximum atomic E-state index is 12.5. The minimum Gasteiger partial charge on any atom is -0.343 e. The van der Waals surface area contributed by atoms with Crippen LogP contribution in [0.5, 0.6) is 0 Å². The predicted octanol–water partition coefficient (Wildman–Crippen LogP) is 3.75. The van der Waals surface area contributed by atoms with Crippen molar-refractivity contribution in [3.63, 3.8) is 0 Å². The highest BCUT2D eigenvalue weighted by Gasteiger charge is 2.26. The first-order valence-electron chi connectivity index (χ1n) is 9.94. The van der Waals surface area contributed by atoms with E-state index in [0.29, 0.717) is 17.9 Å². The first-order chi connectivity index (χ1) is 11.8. The number of rotatable bonds is 6. The van der Waals surface area contributed by atoms with Crippen LogP contribution in [0.25, 0.3) is 0 Å². The summed E-state index contributed by atoms with van der Waals surface area (Å²) >= 11 is 0. The summed E-state index contributed by atoms with van der Waals surface area (Å²) in [7, 11) is 0. The molecule has 2 aliphatic rings. The molecule has 2 heterocycles. The Kier molecular flexibility index (Phi) is 6.27. The number of unbranched alkanes of at least 4 members (excludes halogenated alkanes) is 1. The van der Waals surface area contributed by atoms with Gasteiger partial charge in [0.05, 0.1) is 11.7 Å². The lowest BCUT2D eigenvalue weighted by atomic mass is 9.86. The van der Waals surface area contributed by atoms with Gasteiger partial charge in [0.1, 0.15) is 0 Å². The number of nitrogens with zero attached hydrogens (tertiary/aromatic N) is 4. The maximum absolute atomic E-state index is 12.5. The van der Waals surface area contributed by atoms with Gasteiger partial charge in [-0.05, 0) is 44.4 Å². The van der Waals surface area contributed by atoms with E-state index in [1.165, 1.54) is 44.9 Å². The molecule has 0 spiro atoms. The van der Waals surface area contributed by atoms with E-state index in [0.717, 1.165) is 44.5 Å². The minimum absolute atomic E-state index is 0.377. The molecule has 1 saturated heterocycles. The maximum Gasteiger partial charge on any atom is 0.222 e. The van der Waals surface area contributed by atoms with E-state index in [1.807, 2.05) is 4.68 Å². The van der Waals surface area contributed by atoms with Crippen molar-refractivity contribution in [3.8, 4) is 0 Å². The zero-order valence-electron chi connectivity index (χ0n) is 15.1. The first kappa shape index (κ1) is 17.4. The summed E-state index contributed by atoms with van der Waals surface area (Å²) in [5, 5.41) is 8.61. The molecule has 1 aliphatic carbocycles. The minimum atomic E-state index is 0.377. The van der Waals surface area contributed by atoms with Crippen molar-refractivity contribution in [1.29, 1.82) is 0 Å². The van der Waals surface area contributed by atoms with E-state index >= 15 is 0 Å². The van der Waals surface area contributed by atoms with E-state index in [1.54, 1.807) is 0 Å². The average molecular weight is 332 g/mol. The molecule has 5 nitrogen and oxygen atoms in total. The molecular formula is C19H32N4O. The van der Waals surface area contributed by atoms with Gasteiger partial charge in [0.25, 0.3) is 0 Å². The summed E-state index contributed by atoms with van der Waals surface area (Å²) in [4.78, 5) is 14.6. The van der Waals surface area contributed by atoms with Gasteiger partial charge in [0.15, 0.2) is 0 Å². The van der Waals surface area contributed by atoms with Gasteiger partial charge >= 0.3 is 0 Å². The van der Waals surface area contributed by atoms with Crippen LogP contribution in [0.1, 0.15) is 82.9 Å². The summed E-state index contributed by atoms with van der Waals surface area (Å²) in [5.74, 6) is 1.02. The molecule has 1 aliphatic heterocycles. The molecule has 1 aromatic heterocycles. The summed E-state index contributed by atoms with van der Waals surface area (Å²) in [6.45, 7) is 3.95. The standard InChI is InChI=1S/C19H32N4O/c1-2-3-9-17-15-23(21-20-17)18-10-12-22(13-11-18)19(24)14-16-7-5-4-6-8-16/h15-16,18H,2-14H2,1H3. The largest absolute Gasteiger partial charge is 0.343 e. The number of aryl methyl sites for hydroxylation is 1. The molecule has 2 fully saturated rings. The Balaban J connectivity index is 1.44. The van der Waals surface area contributed by atoms with Gasteiger partial charge in [-0.25, -0.2) is 4.68 Å². The second-order valence-electron chi connectivity index (χ2n) is 7.61. The number of piperidine rings is 1. The molecule has 5 heteroatoms. The van der Waals surface area contributed by atoms with Gasteiger partial charge in [-0.3, -0.25) is 4.79 Å².